The Hall–Kier alpha value is -2.70. The van der Waals surface area contributed by atoms with Crippen LogP contribution in [0.25, 0.3) is 21.9 Å². The number of fused-ring (bicyclic) bond motifs is 1. The van der Waals surface area contributed by atoms with Crippen LogP contribution in [0.5, 0.6) is 5.75 Å². The fourth-order valence-corrected chi connectivity index (χ4v) is 2.97. The first kappa shape index (κ1) is 19.1. The number of hydrogen-bond donors (Lipinski definition) is 0. The van der Waals surface area contributed by atoms with E-state index in [1.807, 2.05) is 6.92 Å². The molecule has 0 amide bonds. The molecule has 0 aromatic heterocycles. The molecule has 0 aliphatic rings. The highest BCUT2D eigenvalue weighted by Gasteiger charge is 2.32. The number of rotatable bonds is 4. The predicted molar refractivity (Wildman–Crippen MR) is 89.9 cm³/mol. The molecule has 0 spiro atoms. The maximum atomic E-state index is 14.4. The quantitative estimate of drug-likeness (QED) is 0.451. The monoisotopic (exact) mass is 384 g/mol. The van der Waals surface area contributed by atoms with E-state index in [0.29, 0.717) is 12.0 Å². The molecule has 0 heterocycles. The minimum atomic E-state index is -5.03. The summed E-state index contributed by atoms with van der Waals surface area (Å²) in [6, 6.07) is 8.25. The van der Waals surface area contributed by atoms with Crippen LogP contribution in [0.1, 0.15) is 18.9 Å². The maximum Gasteiger partial charge on any atom is 0.573 e. The minimum absolute atomic E-state index is 0.149. The molecule has 0 radical (unpaired) electrons. The Labute approximate surface area is 151 Å². The second kappa shape index (κ2) is 7.13. The van der Waals surface area contributed by atoms with Crippen LogP contribution in [-0.4, -0.2) is 6.36 Å². The molecule has 0 bridgehead atoms. The van der Waals surface area contributed by atoms with Gasteiger partial charge in [-0.2, -0.15) is 0 Å². The summed E-state index contributed by atoms with van der Waals surface area (Å²) in [7, 11) is 0. The van der Waals surface area contributed by atoms with Gasteiger partial charge in [-0.15, -0.1) is 13.2 Å². The van der Waals surface area contributed by atoms with E-state index in [-0.39, 0.29) is 21.9 Å². The van der Waals surface area contributed by atoms with Gasteiger partial charge in [-0.1, -0.05) is 31.5 Å². The van der Waals surface area contributed by atoms with Gasteiger partial charge in [0, 0.05) is 5.39 Å². The van der Waals surface area contributed by atoms with E-state index in [2.05, 4.69) is 4.74 Å². The van der Waals surface area contributed by atoms with E-state index in [0.717, 1.165) is 12.5 Å². The van der Waals surface area contributed by atoms with Crippen LogP contribution in [-0.2, 0) is 6.42 Å². The largest absolute Gasteiger partial charge is 0.573 e. The third kappa shape index (κ3) is 4.02. The standard InChI is InChI=1S/C20H14F6O/c1-2-3-11-8-15(21)18(16(22)9-11)13-4-6-14-12(10-13)5-7-17(19(14)23)27-20(24,25)26/h4-10H,2-3H2,1H3. The van der Waals surface area contributed by atoms with Crippen LogP contribution in [0, 0.1) is 17.5 Å². The van der Waals surface area contributed by atoms with Gasteiger partial charge in [-0.25, -0.2) is 13.2 Å². The second-order valence-electron chi connectivity index (χ2n) is 6.05. The zero-order chi connectivity index (χ0) is 19.8. The molecule has 0 N–H and O–H groups in total. The highest BCUT2D eigenvalue weighted by Crippen LogP contribution is 2.34. The lowest BCUT2D eigenvalue weighted by Gasteiger charge is -2.12. The molecule has 0 aliphatic heterocycles. The molecule has 0 fully saturated rings. The van der Waals surface area contributed by atoms with Gasteiger partial charge in [0.05, 0.1) is 5.56 Å². The lowest BCUT2D eigenvalue weighted by Crippen LogP contribution is -2.18. The highest BCUT2D eigenvalue weighted by molar-refractivity contribution is 5.89. The Kier molecular flexibility index (Phi) is 5.04. The fraction of sp³-hybridized carbons (Fsp3) is 0.200. The van der Waals surface area contributed by atoms with Crippen molar-refractivity contribution in [2.24, 2.45) is 0 Å². The van der Waals surface area contributed by atoms with Crippen molar-refractivity contribution in [2.75, 3.05) is 0 Å². The van der Waals surface area contributed by atoms with Crippen LogP contribution in [0.2, 0.25) is 0 Å². The van der Waals surface area contributed by atoms with Gasteiger partial charge < -0.3 is 4.74 Å². The summed E-state index contributed by atoms with van der Waals surface area (Å²) in [6.45, 7) is 1.89. The molecule has 7 heteroatoms. The zero-order valence-electron chi connectivity index (χ0n) is 14.1. The van der Waals surface area contributed by atoms with E-state index >= 15 is 0 Å². The van der Waals surface area contributed by atoms with Crippen molar-refractivity contribution >= 4 is 10.8 Å². The second-order valence-corrected chi connectivity index (χ2v) is 6.05. The van der Waals surface area contributed by atoms with Crippen molar-refractivity contribution in [3.05, 3.63) is 65.5 Å². The lowest BCUT2D eigenvalue weighted by atomic mass is 9.98. The SMILES string of the molecule is CCCc1cc(F)c(-c2ccc3c(F)c(OC(F)(F)F)ccc3c2)c(F)c1. The topological polar surface area (TPSA) is 9.23 Å². The molecule has 3 aromatic carbocycles. The average molecular weight is 384 g/mol. The van der Waals surface area contributed by atoms with Crippen molar-refractivity contribution in [3.63, 3.8) is 0 Å². The summed E-state index contributed by atoms with van der Waals surface area (Å²) in [4.78, 5) is 0. The summed E-state index contributed by atoms with van der Waals surface area (Å²) in [5.41, 5.74) is 0.411. The number of aryl methyl sites for hydroxylation is 1. The number of benzene rings is 3. The van der Waals surface area contributed by atoms with Gasteiger partial charge in [0.1, 0.15) is 11.6 Å². The van der Waals surface area contributed by atoms with E-state index < -0.39 is 29.6 Å². The highest BCUT2D eigenvalue weighted by atomic mass is 19.4. The van der Waals surface area contributed by atoms with E-state index in [4.69, 9.17) is 0 Å². The third-order valence-corrected chi connectivity index (χ3v) is 4.07. The van der Waals surface area contributed by atoms with Crippen molar-refractivity contribution in [1.82, 2.24) is 0 Å². The summed E-state index contributed by atoms with van der Waals surface area (Å²) in [5.74, 6) is -3.68. The molecule has 142 valence electrons. The Morgan fingerprint density at radius 2 is 1.56 bits per heavy atom. The Balaban J connectivity index is 2.07. The van der Waals surface area contributed by atoms with Gasteiger partial charge in [0.15, 0.2) is 11.6 Å². The molecule has 1 nitrogen and oxygen atoms in total. The molecule has 0 aliphatic carbocycles. The molecule has 0 unspecified atom stereocenters. The molecular weight excluding hydrogens is 370 g/mol. The molecular formula is C20H14F6O. The number of hydrogen-bond acceptors (Lipinski definition) is 1. The first-order valence-electron chi connectivity index (χ1n) is 8.16. The lowest BCUT2D eigenvalue weighted by molar-refractivity contribution is -0.275. The number of alkyl halides is 3. The number of ether oxygens (including phenoxy) is 1. The molecule has 3 aromatic rings. The van der Waals surface area contributed by atoms with Crippen molar-refractivity contribution in [1.29, 1.82) is 0 Å². The molecule has 0 saturated heterocycles. The summed E-state index contributed by atoms with van der Waals surface area (Å²) in [5, 5.41) is 0.0416. The van der Waals surface area contributed by atoms with Gasteiger partial charge in [0.25, 0.3) is 0 Å². The first-order valence-corrected chi connectivity index (χ1v) is 8.16. The van der Waals surface area contributed by atoms with Crippen LogP contribution in [0.15, 0.2) is 42.5 Å². The van der Waals surface area contributed by atoms with Crippen LogP contribution in [0.4, 0.5) is 26.3 Å². The summed E-state index contributed by atoms with van der Waals surface area (Å²) in [6.07, 6.45) is -3.77. The van der Waals surface area contributed by atoms with E-state index in [9.17, 15) is 26.3 Å². The van der Waals surface area contributed by atoms with Crippen LogP contribution < -0.4 is 4.74 Å². The van der Waals surface area contributed by atoms with Crippen molar-refractivity contribution in [2.45, 2.75) is 26.1 Å². The smallest absolute Gasteiger partial charge is 0.403 e. The maximum absolute atomic E-state index is 14.4. The molecule has 27 heavy (non-hydrogen) atoms. The Morgan fingerprint density at radius 3 is 2.15 bits per heavy atom. The van der Waals surface area contributed by atoms with Gasteiger partial charge in [0.2, 0.25) is 0 Å². The summed E-state index contributed by atoms with van der Waals surface area (Å²) >= 11 is 0. The van der Waals surface area contributed by atoms with Crippen molar-refractivity contribution in [3.8, 4) is 16.9 Å². The predicted octanol–water partition coefficient (Wildman–Crippen LogP) is 6.78. The molecule has 0 saturated carbocycles. The fourth-order valence-electron chi connectivity index (χ4n) is 2.97. The van der Waals surface area contributed by atoms with Crippen LogP contribution >= 0.6 is 0 Å². The zero-order valence-corrected chi connectivity index (χ0v) is 14.1. The first-order chi connectivity index (χ1) is 12.7. The molecule has 0 atom stereocenters. The average Bonchev–Trinajstić information content (AvgIpc) is 2.56. The minimum Gasteiger partial charge on any atom is -0.403 e. The van der Waals surface area contributed by atoms with E-state index in [1.54, 1.807) is 0 Å². The van der Waals surface area contributed by atoms with Crippen LogP contribution in [0.3, 0.4) is 0 Å². The molecule has 3 rings (SSSR count). The van der Waals surface area contributed by atoms with E-state index in [1.165, 1.54) is 36.4 Å². The Bertz CT molecular complexity index is 971. The summed E-state index contributed by atoms with van der Waals surface area (Å²) < 4.78 is 83.6. The number of halogens is 6. The van der Waals surface area contributed by atoms with Gasteiger partial charge in [-0.05, 0) is 47.2 Å². The van der Waals surface area contributed by atoms with Gasteiger partial charge in [-0.3, -0.25) is 0 Å². The van der Waals surface area contributed by atoms with Crippen molar-refractivity contribution < 1.29 is 31.1 Å². The van der Waals surface area contributed by atoms with Gasteiger partial charge >= 0.3 is 6.36 Å². The third-order valence-electron chi connectivity index (χ3n) is 4.07. The Morgan fingerprint density at radius 1 is 0.889 bits per heavy atom. The normalized spacial score (nSPS) is 11.8.